The average molecular weight is 1150 g/mol. The molecular formula is C57H71B2Br3N4O5. The van der Waals surface area contributed by atoms with Gasteiger partial charge in [-0.1, -0.05) is 133 Å². The second-order valence-electron chi connectivity index (χ2n) is 20.4. The zero-order valence-corrected chi connectivity index (χ0v) is 47.0. The van der Waals surface area contributed by atoms with Gasteiger partial charge in [-0.25, -0.2) is 0 Å². The molecule has 7 heterocycles. The first-order chi connectivity index (χ1) is 34.2. The van der Waals surface area contributed by atoms with Gasteiger partial charge in [0.2, 0.25) is 0 Å². The quantitative estimate of drug-likeness (QED) is 0.168. The summed E-state index contributed by atoms with van der Waals surface area (Å²) in [5, 5.41) is 12.8. The molecule has 3 fully saturated rings. The monoisotopic (exact) mass is 1150 g/mol. The van der Waals surface area contributed by atoms with Gasteiger partial charge >= 0.3 is 14.2 Å². The molecule has 0 radical (unpaired) electrons. The molecule has 0 spiro atoms. The summed E-state index contributed by atoms with van der Waals surface area (Å²) in [5.74, 6) is 0. The molecule has 0 aromatic heterocycles. The summed E-state index contributed by atoms with van der Waals surface area (Å²) in [5.41, 5.74) is 11.6. The molecule has 0 atom stereocenters. The summed E-state index contributed by atoms with van der Waals surface area (Å²) in [6.07, 6.45) is 13.6. The lowest BCUT2D eigenvalue weighted by Gasteiger charge is -2.38. The molecule has 0 unspecified atom stereocenters. The van der Waals surface area contributed by atoms with E-state index in [4.69, 9.17) is 18.8 Å². The summed E-state index contributed by atoms with van der Waals surface area (Å²) >= 11 is 10.3. The van der Waals surface area contributed by atoms with Crippen molar-refractivity contribution in [1.82, 2.24) is 19.9 Å². The maximum atomic E-state index is 9.46. The second kappa shape index (κ2) is 25.5. The Labute approximate surface area is 449 Å². The molecule has 4 aromatic rings. The van der Waals surface area contributed by atoms with Gasteiger partial charge in [0, 0.05) is 52.7 Å². The molecule has 71 heavy (non-hydrogen) atoms. The third-order valence-corrected chi connectivity index (χ3v) is 16.6. The first-order valence-corrected chi connectivity index (χ1v) is 27.9. The van der Waals surface area contributed by atoms with Crippen molar-refractivity contribution in [2.24, 2.45) is 0 Å². The van der Waals surface area contributed by atoms with Gasteiger partial charge in [-0.15, -0.1) is 0 Å². The third-order valence-electron chi connectivity index (χ3n) is 15.0. The van der Waals surface area contributed by atoms with Gasteiger partial charge in [0.15, 0.2) is 0 Å². The molecule has 376 valence electrons. The summed E-state index contributed by atoms with van der Waals surface area (Å²) in [7, 11) is -0.629. The van der Waals surface area contributed by atoms with Gasteiger partial charge in [-0.3, -0.25) is 9.80 Å². The minimum Gasteiger partial charge on any atom is -0.437 e. The molecule has 9 nitrogen and oxygen atoms in total. The SMILES string of the molecule is Brc1ccc(C2=CCN(C3COC3)CC2)cc1.Brc1ccc(C2=CCNCC2)cc1.CB(O)N1CC=C(c2ccc(Br)cc2)CC1.CC1(C)OB(c2ccc(C3=CCN(C4COC4)CC3)cc2)OC1(C)C. The van der Waals surface area contributed by atoms with Gasteiger partial charge < -0.3 is 33.9 Å². The summed E-state index contributed by atoms with van der Waals surface area (Å²) in [4.78, 5) is 7.10. The zero-order valence-electron chi connectivity index (χ0n) is 42.2. The largest absolute Gasteiger partial charge is 0.494 e. The lowest BCUT2D eigenvalue weighted by Crippen LogP contribution is -2.50. The van der Waals surface area contributed by atoms with Crippen LogP contribution in [-0.2, 0) is 18.8 Å². The van der Waals surface area contributed by atoms with E-state index in [0.29, 0.717) is 12.1 Å². The van der Waals surface area contributed by atoms with E-state index in [9.17, 15) is 5.02 Å². The van der Waals surface area contributed by atoms with Crippen LogP contribution in [0.1, 0.15) is 75.6 Å². The number of ether oxygens (including phenoxy) is 2. The molecule has 11 rings (SSSR count). The van der Waals surface area contributed by atoms with Crippen molar-refractivity contribution in [3.05, 3.63) is 157 Å². The van der Waals surface area contributed by atoms with E-state index >= 15 is 0 Å². The minimum absolute atomic E-state index is 0.284. The van der Waals surface area contributed by atoms with Gasteiger partial charge in [-0.2, -0.15) is 0 Å². The highest BCUT2D eigenvalue weighted by Crippen LogP contribution is 2.37. The molecular weight excluding hydrogens is 1080 g/mol. The van der Waals surface area contributed by atoms with Crippen LogP contribution in [0.25, 0.3) is 22.3 Å². The summed E-state index contributed by atoms with van der Waals surface area (Å²) in [6.45, 7) is 22.1. The lowest BCUT2D eigenvalue weighted by molar-refractivity contribution is -0.0612. The van der Waals surface area contributed by atoms with Crippen LogP contribution in [-0.4, -0.2) is 136 Å². The summed E-state index contributed by atoms with van der Waals surface area (Å²) in [6, 6.07) is 35.5. The third kappa shape index (κ3) is 14.9. The Kier molecular flexibility index (Phi) is 19.5. The highest BCUT2D eigenvalue weighted by atomic mass is 79.9. The average Bonchev–Trinajstić information content (AvgIpc) is 3.58. The van der Waals surface area contributed by atoms with Crippen LogP contribution >= 0.6 is 47.8 Å². The van der Waals surface area contributed by atoms with Gasteiger partial charge in [0.25, 0.3) is 0 Å². The molecule has 0 saturated carbocycles. The zero-order chi connectivity index (χ0) is 50.0. The number of benzene rings is 4. The molecule has 0 bridgehead atoms. The number of hydrogen-bond acceptors (Lipinski definition) is 9. The normalized spacial score (nSPS) is 21.5. The first-order valence-electron chi connectivity index (χ1n) is 25.5. The van der Waals surface area contributed by atoms with Crippen LogP contribution in [0.4, 0.5) is 0 Å². The molecule has 2 N–H and O–H groups in total. The molecule has 3 saturated heterocycles. The number of nitrogens with one attached hydrogen (secondary N) is 1. The van der Waals surface area contributed by atoms with Crippen LogP contribution < -0.4 is 10.8 Å². The fourth-order valence-electron chi connectivity index (χ4n) is 9.42. The van der Waals surface area contributed by atoms with E-state index in [1.807, 2.05) is 6.82 Å². The van der Waals surface area contributed by atoms with Crippen LogP contribution in [0.3, 0.4) is 0 Å². The maximum Gasteiger partial charge on any atom is 0.494 e. The fraction of sp³-hybridized carbons (Fsp3) is 0.439. The molecule has 7 aliphatic rings. The smallest absolute Gasteiger partial charge is 0.437 e. The van der Waals surface area contributed by atoms with Crippen molar-refractivity contribution in [3.8, 4) is 0 Å². The predicted molar refractivity (Wildman–Crippen MR) is 306 cm³/mol. The Balaban J connectivity index is 0.000000131. The highest BCUT2D eigenvalue weighted by Gasteiger charge is 2.51. The Bertz CT molecular complexity index is 2460. The standard InChI is InChI=1S/C20H28BNO3.C14H16BrNO.C12H15BBrNO.C11H12BrN/c1-19(2)20(3,4)25-21(24-19)17-7-5-15(6-8-17)16-9-11-22(12-10-16)18-13-23-14-18;15-13-3-1-11(2-4-13)12-5-7-16(8-6-12)14-9-17-10-14;1-13(16)15-8-6-11(7-9-15)10-2-4-12(14)5-3-10;12-11-3-1-9(2-4-11)10-5-7-13-8-6-10/h5-9,18H,10-14H2,1-4H3;1-5,14H,6-10H2;2-6,16H,7-9H2,1H3;1-5,13H,6-8H2. The maximum absolute atomic E-state index is 9.46. The molecule has 0 aliphatic carbocycles. The van der Waals surface area contributed by atoms with Crippen molar-refractivity contribution in [2.75, 3.05) is 78.8 Å². The Morgan fingerprint density at radius 3 is 1.23 bits per heavy atom. The predicted octanol–water partition coefficient (Wildman–Crippen LogP) is 10.9. The number of rotatable bonds is 8. The number of hydrogen-bond donors (Lipinski definition) is 2. The van der Waals surface area contributed by atoms with Crippen molar-refractivity contribution < 1.29 is 23.8 Å². The topological polar surface area (TPSA) is 78.9 Å². The molecule has 0 amide bonds. The van der Waals surface area contributed by atoms with Crippen LogP contribution in [0.5, 0.6) is 0 Å². The van der Waals surface area contributed by atoms with Crippen LogP contribution in [0.15, 0.2) is 135 Å². The van der Waals surface area contributed by atoms with Crippen LogP contribution in [0.2, 0.25) is 6.82 Å². The fourth-order valence-corrected chi connectivity index (χ4v) is 10.2. The first kappa shape index (κ1) is 54.3. The summed E-state index contributed by atoms with van der Waals surface area (Å²) < 4.78 is 26.2. The molecule has 4 aromatic carbocycles. The van der Waals surface area contributed by atoms with E-state index < -0.39 is 0 Å². The van der Waals surface area contributed by atoms with E-state index in [1.54, 1.807) is 0 Å². The number of halogens is 3. The van der Waals surface area contributed by atoms with Crippen LogP contribution in [0, 0.1) is 0 Å². The van der Waals surface area contributed by atoms with E-state index in [-0.39, 0.29) is 25.4 Å². The Morgan fingerprint density at radius 1 is 0.535 bits per heavy atom. The minimum atomic E-state index is -0.345. The van der Waals surface area contributed by atoms with Gasteiger partial charge in [0.05, 0.1) is 49.7 Å². The van der Waals surface area contributed by atoms with Crippen molar-refractivity contribution in [1.29, 1.82) is 0 Å². The van der Waals surface area contributed by atoms with E-state index in [0.717, 1.165) is 123 Å². The van der Waals surface area contributed by atoms with E-state index in [1.165, 1.54) is 44.5 Å². The lowest BCUT2D eigenvalue weighted by atomic mass is 9.78. The molecule has 14 heteroatoms. The Morgan fingerprint density at radius 2 is 0.915 bits per heavy atom. The van der Waals surface area contributed by atoms with Crippen molar-refractivity contribution in [3.63, 3.8) is 0 Å². The van der Waals surface area contributed by atoms with Gasteiger partial charge in [-0.05, 0) is 160 Å². The van der Waals surface area contributed by atoms with Crippen molar-refractivity contribution >= 4 is 89.7 Å². The van der Waals surface area contributed by atoms with Gasteiger partial charge in [0.1, 0.15) is 0 Å². The molecule has 7 aliphatic heterocycles. The highest BCUT2D eigenvalue weighted by molar-refractivity contribution is 9.11. The van der Waals surface area contributed by atoms with Crippen molar-refractivity contribution in [2.45, 2.75) is 83.5 Å². The number of nitrogens with zero attached hydrogens (tertiary/aromatic N) is 3. The van der Waals surface area contributed by atoms with E-state index in [2.05, 4.69) is 217 Å². The Hall–Kier alpha value is -2.95. The second-order valence-corrected chi connectivity index (χ2v) is 23.1.